The largest absolute Gasteiger partial charge is 0.312 e. The molecule has 0 saturated carbocycles. The molecule has 1 saturated heterocycles. The molecule has 0 spiro atoms. The van der Waals surface area contributed by atoms with Crippen molar-refractivity contribution in [1.82, 2.24) is 9.62 Å². The second-order valence-corrected chi connectivity index (χ2v) is 9.31. The summed E-state index contributed by atoms with van der Waals surface area (Å²) in [6.45, 7) is 4.81. The smallest absolute Gasteiger partial charge is 0.243 e. The Morgan fingerprint density at radius 1 is 1.24 bits per heavy atom. The van der Waals surface area contributed by atoms with Crippen LogP contribution in [0, 0.1) is 0 Å². The zero-order chi connectivity index (χ0) is 15.7. The summed E-state index contributed by atoms with van der Waals surface area (Å²) in [5.41, 5.74) is 0. The van der Waals surface area contributed by atoms with Crippen LogP contribution in [0.1, 0.15) is 13.8 Å². The summed E-state index contributed by atoms with van der Waals surface area (Å²) in [7, 11) is -7.07. The van der Waals surface area contributed by atoms with Crippen LogP contribution in [0.4, 0.5) is 0 Å². The fourth-order valence-corrected chi connectivity index (χ4v) is 4.84. The molecule has 0 amide bonds. The second-order valence-electron chi connectivity index (χ2n) is 5.10. The van der Waals surface area contributed by atoms with Crippen LogP contribution in [-0.4, -0.2) is 52.6 Å². The predicted octanol–water partition coefficient (Wildman–Crippen LogP) is 0.463. The van der Waals surface area contributed by atoms with E-state index in [9.17, 15) is 16.8 Å². The minimum Gasteiger partial charge on any atom is -0.312 e. The van der Waals surface area contributed by atoms with Crippen LogP contribution in [0.5, 0.6) is 0 Å². The first-order chi connectivity index (χ1) is 9.77. The lowest BCUT2D eigenvalue weighted by Gasteiger charge is -2.31. The number of hydrogen-bond donors (Lipinski definition) is 1. The van der Waals surface area contributed by atoms with Gasteiger partial charge < -0.3 is 5.32 Å². The van der Waals surface area contributed by atoms with Crippen LogP contribution in [0.25, 0.3) is 0 Å². The molecule has 1 aliphatic rings. The van der Waals surface area contributed by atoms with Crippen molar-refractivity contribution >= 4 is 19.9 Å². The van der Waals surface area contributed by atoms with E-state index < -0.39 is 19.9 Å². The normalized spacial score (nSPS) is 21.3. The standard InChI is InChI=1S/C13H20N2O4S2/c1-3-20(16,17)12-5-4-6-13(9-12)21(18,19)15-8-7-14-11(2)10-15/h4-6,9,11,14H,3,7-8,10H2,1-2H3. The van der Waals surface area contributed by atoms with Crippen molar-refractivity contribution in [2.24, 2.45) is 0 Å². The monoisotopic (exact) mass is 332 g/mol. The van der Waals surface area contributed by atoms with Crippen molar-refractivity contribution in [1.29, 1.82) is 0 Å². The van der Waals surface area contributed by atoms with Crippen molar-refractivity contribution in [2.75, 3.05) is 25.4 Å². The third-order valence-corrected chi connectivity index (χ3v) is 7.11. The summed E-state index contributed by atoms with van der Waals surface area (Å²) >= 11 is 0. The van der Waals surface area contributed by atoms with E-state index >= 15 is 0 Å². The summed E-state index contributed by atoms with van der Waals surface area (Å²) in [6.07, 6.45) is 0. The fraction of sp³-hybridized carbons (Fsp3) is 0.538. The number of nitrogens with one attached hydrogen (secondary N) is 1. The third-order valence-electron chi connectivity index (χ3n) is 3.51. The van der Waals surface area contributed by atoms with Crippen molar-refractivity contribution in [3.05, 3.63) is 24.3 Å². The Kier molecular flexibility index (Phi) is 4.72. The predicted molar refractivity (Wildman–Crippen MR) is 80.4 cm³/mol. The molecule has 8 heteroatoms. The highest BCUT2D eigenvalue weighted by Crippen LogP contribution is 2.21. The lowest BCUT2D eigenvalue weighted by molar-refractivity contribution is 0.310. The van der Waals surface area contributed by atoms with Gasteiger partial charge in [0, 0.05) is 25.7 Å². The number of sulfone groups is 1. The quantitative estimate of drug-likeness (QED) is 0.866. The Morgan fingerprint density at radius 3 is 2.52 bits per heavy atom. The van der Waals surface area contributed by atoms with Gasteiger partial charge in [0.05, 0.1) is 15.5 Å². The van der Waals surface area contributed by atoms with Gasteiger partial charge in [-0.05, 0) is 25.1 Å². The Hall–Kier alpha value is -0.960. The van der Waals surface area contributed by atoms with Crippen LogP contribution < -0.4 is 5.32 Å². The lowest BCUT2D eigenvalue weighted by Crippen LogP contribution is -2.51. The van der Waals surface area contributed by atoms with Crippen molar-refractivity contribution in [3.63, 3.8) is 0 Å². The summed E-state index contributed by atoms with van der Waals surface area (Å²) in [4.78, 5) is 0.0837. The average Bonchev–Trinajstić information content (AvgIpc) is 2.47. The molecule has 0 bridgehead atoms. The molecule has 0 aliphatic carbocycles. The van der Waals surface area contributed by atoms with Crippen molar-refractivity contribution in [2.45, 2.75) is 29.7 Å². The van der Waals surface area contributed by atoms with Gasteiger partial charge in [-0.1, -0.05) is 13.0 Å². The maximum Gasteiger partial charge on any atom is 0.243 e. The van der Waals surface area contributed by atoms with E-state index in [-0.39, 0.29) is 21.6 Å². The minimum atomic E-state index is -3.66. The van der Waals surface area contributed by atoms with Crippen molar-refractivity contribution < 1.29 is 16.8 Å². The first kappa shape index (κ1) is 16.4. The Balaban J connectivity index is 2.39. The Bertz CT molecular complexity index is 713. The SMILES string of the molecule is CCS(=O)(=O)c1cccc(S(=O)(=O)N2CCNC(C)C2)c1. The highest BCUT2D eigenvalue weighted by Gasteiger charge is 2.29. The summed E-state index contributed by atoms with van der Waals surface area (Å²) in [6, 6.07) is 5.67. The maximum absolute atomic E-state index is 12.6. The molecule has 6 nitrogen and oxygen atoms in total. The van der Waals surface area contributed by atoms with Gasteiger partial charge in [-0.3, -0.25) is 0 Å². The van der Waals surface area contributed by atoms with E-state index in [2.05, 4.69) is 5.32 Å². The molecule has 118 valence electrons. The van der Waals surface area contributed by atoms with Gasteiger partial charge in [-0.15, -0.1) is 0 Å². The number of rotatable bonds is 4. The van der Waals surface area contributed by atoms with Gasteiger partial charge in [0.2, 0.25) is 10.0 Å². The Labute approximate surface area is 126 Å². The fourth-order valence-electron chi connectivity index (χ4n) is 2.26. The molecule has 1 atom stereocenters. The van der Waals surface area contributed by atoms with Crippen LogP contribution in [-0.2, 0) is 19.9 Å². The molecule has 0 aromatic heterocycles. The van der Waals surface area contributed by atoms with E-state index in [1.165, 1.54) is 35.5 Å². The summed E-state index contributed by atoms with van der Waals surface area (Å²) in [5, 5.41) is 3.18. The van der Waals surface area contributed by atoms with E-state index in [1.54, 1.807) is 0 Å². The average molecular weight is 332 g/mol. The topological polar surface area (TPSA) is 83.5 Å². The summed E-state index contributed by atoms with van der Waals surface area (Å²) in [5.74, 6) is -0.0544. The highest BCUT2D eigenvalue weighted by molar-refractivity contribution is 7.91. The van der Waals surface area contributed by atoms with Gasteiger partial charge in [0.25, 0.3) is 0 Å². The summed E-state index contributed by atoms with van der Waals surface area (Å²) < 4.78 is 50.4. The van der Waals surface area contributed by atoms with Gasteiger partial charge in [-0.2, -0.15) is 4.31 Å². The second kappa shape index (κ2) is 6.04. The lowest BCUT2D eigenvalue weighted by atomic mass is 10.3. The third kappa shape index (κ3) is 3.45. The number of sulfonamides is 1. The molecule has 1 fully saturated rings. The molecule has 1 heterocycles. The zero-order valence-electron chi connectivity index (χ0n) is 12.1. The number of nitrogens with zero attached hydrogens (tertiary/aromatic N) is 1. The first-order valence-electron chi connectivity index (χ1n) is 6.83. The molecular formula is C13H20N2O4S2. The Morgan fingerprint density at radius 2 is 1.90 bits per heavy atom. The van der Waals surface area contributed by atoms with Crippen LogP contribution in [0.15, 0.2) is 34.1 Å². The number of benzene rings is 1. The minimum absolute atomic E-state index is 0.0334. The number of hydrogen-bond acceptors (Lipinski definition) is 5. The van der Waals surface area contributed by atoms with Crippen LogP contribution in [0.3, 0.4) is 0 Å². The van der Waals surface area contributed by atoms with Crippen LogP contribution >= 0.6 is 0 Å². The molecule has 21 heavy (non-hydrogen) atoms. The van der Waals surface area contributed by atoms with Gasteiger partial charge in [-0.25, -0.2) is 16.8 Å². The molecular weight excluding hydrogens is 312 g/mol. The molecule has 1 N–H and O–H groups in total. The highest BCUT2D eigenvalue weighted by atomic mass is 32.2. The maximum atomic E-state index is 12.6. The molecule has 1 aromatic carbocycles. The van der Waals surface area contributed by atoms with Gasteiger partial charge in [0.15, 0.2) is 9.84 Å². The zero-order valence-corrected chi connectivity index (χ0v) is 13.7. The van der Waals surface area contributed by atoms with Gasteiger partial charge in [0.1, 0.15) is 0 Å². The van der Waals surface area contributed by atoms with Crippen LogP contribution in [0.2, 0.25) is 0 Å². The molecule has 1 unspecified atom stereocenters. The molecule has 1 aliphatic heterocycles. The molecule has 2 rings (SSSR count). The van der Waals surface area contributed by atoms with E-state index in [0.29, 0.717) is 19.6 Å². The van der Waals surface area contributed by atoms with Crippen molar-refractivity contribution in [3.8, 4) is 0 Å². The molecule has 0 radical (unpaired) electrons. The first-order valence-corrected chi connectivity index (χ1v) is 9.93. The van der Waals surface area contributed by atoms with E-state index in [0.717, 1.165) is 0 Å². The van der Waals surface area contributed by atoms with E-state index in [1.807, 2.05) is 6.92 Å². The van der Waals surface area contributed by atoms with Gasteiger partial charge >= 0.3 is 0 Å². The number of piperazine rings is 1. The molecule has 1 aromatic rings. The van der Waals surface area contributed by atoms with E-state index in [4.69, 9.17) is 0 Å².